The molecule has 5 heteroatoms. The highest BCUT2D eigenvalue weighted by molar-refractivity contribution is 5.27. The minimum absolute atomic E-state index is 0.769. The van der Waals surface area contributed by atoms with Crippen LogP contribution in [0, 0.1) is 5.92 Å². The van der Waals surface area contributed by atoms with Crippen molar-refractivity contribution in [2.75, 3.05) is 26.2 Å². The molecule has 2 aromatic rings. The first-order chi connectivity index (χ1) is 14.3. The summed E-state index contributed by atoms with van der Waals surface area (Å²) in [6, 6.07) is 9.52. The molecule has 0 bridgehead atoms. The van der Waals surface area contributed by atoms with Gasteiger partial charge in [-0.2, -0.15) is 0 Å². The third kappa shape index (κ3) is 4.26. The zero-order valence-corrected chi connectivity index (χ0v) is 17.9. The Morgan fingerprint density at radius 1 is 0.931 bits per heavy atom. The standard InChI is InChI=1S/C24H35N5/c1-2-5-23-25-26-24-18-28(12-13-29(23)24)17-20-14-22(15-20)21-8-6-19(7-9-21)16-27-10-3-4-11-27/h6-9,20,22H,2-5,10-18H2,1H3. The zero-order chi connectivity index (χ0) is 19.6. The Bertz CT molecular complexity index is 799. The second kappa shape index (κ2) is 8.57. The highest BCUT2D eigenvalue weighted by atomic mass is 15.3. The maximum Gasteiger partial charge on any atom is 0.147 e. The molecule has 1 aromatic heterocycles. The molecule has 5 nitrogen and oxygen atoms in total. The maximum atomic E-state index is 4.45. The summed E-state index contributed by atoms with van der Waals surface area (Å²) in [5, 5.41) is 8.86. The zero-order valence-electron chi connectivity index (χ0n) is 17.9. The minimum atomic E-state index is 0.769. The van der Waals surface area contributed by atoms with Crippen LogP contribution in [0.5, 0.6) is 0 Å². The van der Waals surface area contributed by atoms with E-state index in [-0.39, 0.29) is 0 Å². The monoisotopic (exact) mass is 393 g/mol. The molecule has 156 valence electrons. The molecule has 2 fully saturated rings. The molecule has 1 saturated carbocycles. The number of likely N-dealkylation sites (tertiary alicyclic amines) is 1. The third-order valence-corrected chi connectivity index (χ3v) is 7.19. The molecule has 0 spiro atoms. The lowest BCUT2D eigenvalue weighted by Gasteiger charge is -2.40. The summed E-state index contributed by atoms with van der Waals surface area (Å²) >= 11 is 0. The average Bonchev–Trinajstić information content (AvgIpc) is 3.36. The van der Waals surface area contributed by atoms with Crippen LogP contribution in [-0.2, 0) is 26.1 Å². The van der Waals surface area contributed by atoms with Gasteiger partial charge in [-0.1, -0.05) is 31.2 Å². The first kappa shape index (κ1) is 19.3. The lowest BCUT2D eigenvalue weighted by atomic mass is 9.71. The Morgan fingerprint density at radius 2 is 1.72 bits per heavy atom. The Hall–Kier alpha value is -1.72. The van der Waals surface area contributed by atoms with Crippen molar-refractivity contribution < 1.29 is 0 Å². The molecule has 0 atom stereocenters. The van der Waals surface area contributed by atoms with Crippen molar-refractivity contribution in [3.05, 3.63) is 47.0 Å². The van der Waals surface area contributed by atoms with Crippen molar-refractivity contribution in [2.24, 2.45) is 5.92 Å². The van der Waals surface area contributed by atoms with E-state index in [0.29, 0.717) is 0 Å². The highest BCUT2D eigenvalue weighted by Crippen LogP contribution is 2.42. The van der Waals surface area contributed by atoms with Gasteiger partial charge < -0.3 is 4.57 Å². The van der Waals surface area contributed by atoms with Crippen LogP contribution in [0.15, 0.2) is 24.3 Å². The number of fused-ring (bicyclic) bond motifs is 1. The van der Waals surface area contributed by atoms with Crippen LogP contribution in [0.25, 0.3) is 0 Å². The van der Waals surface area contributed by atoms with Crippen LogP contribution in [0.3, 0.4) is 0 Å². The first-order valence-electron chi connectivity index (χ1n) is 11.7. The van der Waals surface area contributed by atoms with Crippen molar-refractivity contribution >= 4 is 0 Å². The fourth-order valence-corrected chi connectivity index (χ4v) is 5.45. The Morgan fingerprint density at radius 3 is 2.48 bits per heavy atom. The molecule has 3 heterocycles. The van der Waals surface area contributed by atoms with Gasteiger partial charge in [0.05, 0.1) is 6.54 Å². The largest absolute Gasteiger partial charge is 0.313 e. The normalized spacial score (nSPS) is 25.1. The second-order valence-electron chi connectivity index (χ2n) is 9.43. The Kier molecular flexibility index (Phi) is 5.69. The van der Waals surface area contributed by atoms with Gasteiger partial charge in [-0.3, -0.25) is 9.80 Å². The topological polar surface area (TPSA) is 37.2 Å². The fraction of sp³-hybridized carbons (Fsp3) is 0.667. The van der Waals surface area contributed by atoms with Gasteiger partial charge in [-0.15, -0.1) is 10.2 Å². The fourth-order valence-electron chi connectivity index (χ4n) is 5.45. The highest BCUT2D eigenvalue weighted by Gasteiger charge is 2.32. The van der Waals surface area contributed by atoms with Crippen LogP contribution in [0.4, 0.5) is 0 Å². The van der Waals surface area contributed by atoms with Gasteiger partial charge in [-0.25, -0.2) is 0 Å². The van der Waals surface area contributed by atoms with E-state index in [9.17, 15) is 0 Å². The summed E-state index contributed by atoms with van der Waals surface area (Å²) in [6.07, 6.45) is 7.62. The summed E-state index contributed by atoms with van der Waals surface area (Å²) in [7, 11) is 0. The Balaban J connectivity index is 1.09. The lowest BCUT2D eigenvalue weighted by molar-refractivity contribution is 0.132. The summed E-state index contributed by atoms with van der Waals surface area (Å²) < 4.78 is 2.35. The molecule has 0 radical (unpaired) electrons. The number of aromatic nitrogens is 3. The number of aryl methyl sites for hydroxylation is 1. The van der Waals surface area contributed by atoms with Crippen molar-refractivity contribution in [2.45, 2.75) is 71.0 Å². The van der Waals surface area contributed by atoms with Crippen molar-refractivity contribution in [1.82, 2.24) is 24.6 Å². The number of hydrogen-bond acceptors (Lipinski definition) is 4. The SMILES string of the molecule is CCCc1nnc2n1CCN(CC1CC(c3ccc(CN4CCCC4)cc3)C1)C2. The molecule has 5 rings (SSSR count). The van der Waals surface area contributed by atoms with E-state index in [1.807, 2.05) is 0 Å². The Labute approximate surface area is 175 Å². The van der Waals surface area contributed by atoms with Gasteiger partial charge in [0.15, 0.2) is 0 Å². The molecule has 2 aliphatic heterocycles. The molecule has 1 saturated heterocycles. The van der Waals surface area contributed by atoms with E-state index in [1.165, 1.54) is 62.5 Å². The van der Waals surface area contributed by atoms with Gasteiger partial charge in [0.1, 0.15) is 11.6 Å². The van der Waals surface area contributed by atoms with Crippen LogP contribution >= 0.6 is 0 Å². The van der Waals surface area contributed by atoms with Gasteiger partial charge in [-0.05, 0) is 68.2 Å². The smallest absolute Gasteiger partial charge is 0.147 e. The molecule has 29 heavy (non-hydrogen) atoms. The molecular weight excluding hydrogens is 358 g/mol. The maximum absolute atomic E-state index is 4.45. The van der Waals surface area contributed by atoms with Crippen molar-refractivity contribution in [3.8, 4) is 0 Å². The lowest BCUT2D eigenvalue weighted by Crippen LogP contribution is -2.40. The molecule has 3 aliphatic rings. The third-order valence-electron chi connectivity index (χ3n) is 7.19. The van der Waals surface area contributed by atoms with Crippen molar-refractivity contribution in [1.29, 1.82) is 0 Å². The predicted molar refractivity (Wildman–Crippen MR) is 116 cm³/mol. The molecule has 1 aliphatic carbocycles. The van der Waals surface area contributed by atoms with E-state index in [4.69, 9.17) is 0 Å². The summed E-state index contributed by atoms with van der Waals surface area (Å²) in [5.41, 5.74) is 3.03. The number of benzene rings is 1. The van der Waals surface area contributed by atoms with E-state index < -0.39 is 0 Å². The van der Waals surface area contributed by atoms with Gasteiger partial charge >= 0.3 is 0 Å². The molecule has 1 aromatic carbocycles. The van der Waals surface area contributed by atoms with Gasteiger partial charge in [0.25, 0.3) is 0 Å². The van der Waals surface area contributed by atoms with Crippen molar-refractivity contribution in [3.63, 3.8) is 0 Å². The number of nitrogens with zero attached hydrogens (tertiary/aromatic N) is 5. The summed E-state index contributed by atoms with van der Waals surface area (Å²) in [5.74, 6) is 3.96. The van der Waals surface area contributed by atoms with E-state index in [0.717, 1.165) is 50.9 Å². The summed E-state index contributed by atoms with van der Waals surface area (Å²) in [4.78, 5) is 5.18. The molecular formula is C24H35N5. The molecule has 0 N–H and O–H groups in total. The van der Waals surface area contributed by atoms with E-state index in [1.54, 1.807) is 5.56 Å². The van der Waals surface area contributed by atoms with Crippen LogP contribution in [0.2, 0.25) is 0 Å². The van der Waals surface area contributed by atoms with E-state index in [2.05, 4.69) is 55.8 Å². The van der Waals surface area contributed by atoms with Gasteiger partial charge in [0.2, 0.25) is 0 Å². The molecule has 0 unspecified atom stereocenters. The van der Waals surface area contributed by atoms with Crippen LogP contribution in [0.1, 0.15) is 67.7 Å². The average molecular weight is 394 g/mol. The first-order valence-corrected chi connectivity index (χ1v) is 11.7. The van der Waals surface area contributed by atoms with Crippen LogP contribution in [-0.4, -0.2) is 50.7 Å². The minimum Gasteiger partial charge on any atom is -0.313 e. The summed E-state index contributed by atoms with van der Waals surface area (Å²) in [6.45, 7) is 10.3. The molecule has 0 amide bonds. The number of rotatable bonds is 7. The van der Waals surface area contributed by atoms with Crippen LogP contribution < -0.4 is 0 Å². The van der Waals surface area contributed by atoms with E-state index >= 15 is 0 Å². The second-order valence-corrected chi connectivity index (χ2v) is 9.43. The number of hydrogen-bond donors (Lipinski definition) is 0. The quantitative estimate of drug-likeness (QED) is 0.716. The predicted octanol–water partition coefficient (Wildman–Crippen LogP) is 3.84. The van der Waals surface area contributed by atoms with Gasteiger partial charge in [0, 0.05) is 32.6 Å².